The Labute approximate surface area is 97.0 Å². The Morgan fingerprint density at radius 2 is 2.00 bits per heavy atom. The molecule has 2 unspecified atom stereocenters. The monoisotopic (exact) mass is 240 g/mol. The van der Waals surface area contributed by atoms with Gasteiger partial charge in [0, 0.05) is 30.4 Å². The van der Waals surface area contributed by atoms with E-state index in [2.05, 4.69) is 0 Å². The molecule has 0 fully saturated rings. The second-order valence-electron chi connectivity index (χ2n) is 3.72. The lowest BCUT2D eigenvalue weighted by molar-refractivity contribution is -0.529. The van der Waals surface area contributed by atoms with Gasteiger partial charge in [0.15, 0.2) is 0 Å². The van der Waals surface area contributed by atoms with Crippen LogP contribution in [0.1, 0.15) is 12.5 Å². The summed E-state index contributed by atoms with van der Waals surface area (Å²) in [5, 5.41) is 30.5. The molecule has 0 aliphatic rings. The third-order valence-electron chi connectivity index (χ3n) is 2.46. The molecule has 0 saturated heterocycles. The first-order chi connectivity index (χ1) is 7.91. The van der Waals surface area contributed by atoms with Crippen LogP contribution in [0, 0.1) is 20.2 Å². The molecule has 0 aliphatic heterocycles. The Kier molecular flexibility index (Phi) is 4.11. The van der Waals surface area contributed by atoms with Crippen molar-refractivity contribution in [2.45, 2.75) is 25.5 Å². The van der Waals surface area contributed by atoms with Crippen LogP contribution in [0.5, 0.6) is 0 Å². The number of hydrogen-bond donors (Lipinski definition) is 1. The van der Waals surface area contributed by atoms with Gasteiger partial charge in [0.25, 0.3) is 5.69 Å². The van der Waals surface area contributed by atoms with E-state index in [1.165, 1.54) is 25.1 Å². The van der Waals surface area contributed by atoms with Gasteiger partial charge in [-0.3, -0.25) is 20.2 Å². The van der Waals surface area contributed by atoms with Gasteiger partial charge in [-0.05, 0) is 5.56 Å². The Morgan fingerprint density at radius 3 is 2.53 bits per heavy atom. The molecule has 0 spiro atoms. The van der Waals surface area contributed by atoms with Gasteiger partial charge in [-0.15, -0.1) is 0 Å². The zero-order valence-corrected chi connectivity index (χ0v) is 9.15. The minimum atomic E-state index is -1.16. The molecule has 92 valence electrons. The topological polar surface area (TPSA) is 107 Å². The number of hydrogen-bond acceptors (Lipinski definition) is 5. The fraction of sp³-hybridized carbons (Fsp3) is 0.400. The van der Waals surface area contributed by atoms with Crippen molar-refractivity contribution in [3.63, 3.8) is 0 Å². The number of nitro benzene ring substituents is 1. The molecule has 0 heterocycles. The summed E-state index contributed by atoms with van der Waals surface area (Å²) in [5.41, 5.74) is 0.406. The Hall–Kier alpha value is -2.02. The highest BCUT2D eigenvalue weighted by Gasteiger charge is 2.24. The smallest absolute Gasteiger partial charge is 0.269 e. The summed E-state index contributed by atoms with van der Waals surface area (Å²) in [6.45, 7) is 1.29. The molecule has 0 bridgehead atoms. The molecule has 0 saturated carbocycles. The van der Waals surface area contributed by atoms with E-state index in [0.29, 0.717) is 5.56 Å². The van der Waals surface area contributed by atoms with E-state index < -0.39 is 22.0 Å². The van der Waals surface area contributed by atoms with E-state index in [1.807, 2.05) is 0 Å². The summed E-state index contributed by atoms with van der Waals surface area (Å²) in [6.07, 6.45) is -1.14. The molecule has 1 aromatic rings. The molecule has 0 aromatic heterocycles. The molecule has 17 heavy (non-hydrogen) atoms. The lowest BCUT2D eigenvalue weighted by atomic mass is 10.0. The van der Waals surface area contributed by atoms with E-state index >= 15 is 0 Å². The van der Waals surface area contributed by atoms with Crippen LogP contribution in [0.15, 0.2) is 24.3 Å². The fourth-order valence-corrected chi connectivity index (χ4v) is 1.35. The molecule has 7 nitrogen and oxygen atoms in total. The molecular weight excluding hydrogens is 228 g/mol. The zero-order valence-electron chi connectivity index (χ0n) is 9.15. The summed E-state index contributed by atoms with van der Waals surface area (Å²) in [5.74, 6) is 0. The highest BCUT2D eigenvalue weighted by atomic mass is 16.6. The summed E-state index contributed by atoms with van der Waals surface area (Å²) >= 11 is 0. The number of benzene rings is 1. The predicted molar refractivity (Wildman–Crippen MR) is 59.3 cm³/mol. The maximum absolute atomic E-state index is 10.5. The molecule has 7 heteroatoms. The first kappa shape index (κ1) is 13.0. The maximum Gasteiger partial charge on any atom is 0.269 e. The Morgan fingerprint density at radius 1 is 1.35 bits per heavy atom. The van der Waals surface area contributed by atoms with Crippen molar-refractivity contribution in [2.24, 2.45) is 0 Å². The lowest BCUT2D eigenvalue weighted by Gasteiger charge is -2.11. The van der Waals surface area contributed by atoms with Gasteiger partial charge in [-0.1, -0.05) is 12.1 Å². The van der Waals surface area contributed by atoms with Gasteiger partial charge >= 0.3 is 0 Å². The minimum Gasteiger partial charge on any atom is -0.386 e. The molecule has 1 N–H and O–H groups in total. The summed E-state index contributed by atoms with van der Waals surface area (Å²) in [6, 6.07) is 4.59. The number of nitrogens with zero attached hydrogens (tertiary/aromatic N) is 2. The molecule has 1 aromatic carbocycles. The van der Waals surface area contributed by atoms with E-state index in [-0.39, 0.29) is 12.1 Å². The van der Waals surface area contributed by atoms with Gasteiger partial charge in [0.05, 0.1) is 4.92 Å². The highest BCUT2D eigenvalue weighted by molar-refractivity contribution is 5.34. The van der Waals surface area contributed by atoms with Crippen LogP contribution in [-0.2, 0) is 6.42 Å². The van der Waals surface area contributed by atoms with Crippen LogP contribution in [0.4, 0.5) is 5.69 Å². The zero-order chi connectivity index (χ0) is 13.0. The van der Waals surface area contributed by atoms with Gasteiger partial charge in [0.2, 0.25) is 6.04 Å². The molecule has 0 aliphatic carbocycles. The fourth-order valence-electron chi connectivity index (χ4n) is 1.35. The lowest BCUT2D eigenvalue weighted by Crippen LogP contribution is -2.32. The van der Waals surface area contributed by atoms with E-state index in [1.54, 1.807) is 6.07 Å². The Bertz CT molecular complexity index is 434. The van der Waals surface area contributed by atoms with Crippen LogP contribution in [0.3, 0.4) is 0 Å². The average molecular weight is 240 g/mol. The molecule has 0 amide bonds. The van der Waals surface area contributed by atoms with Crippen molar-refractivity contribution in [1.82, 2.24) is 0 Å². The first-order valence-corrected chi connectivity index (χ1v) is 4.96. The third-order valence-corrected chi connectivity index (χ3v) is 2.46. The third kappa shape index (κ3) is 3.49. The van der Waals surface area contributed by atoms with E-state index in [9.17, 15) is 25.3 Å². The molecule has 2 atom stereocenters. The maximum atomic E-state index is 10.5. The predicted octanol–water partition coefficient (Wildman–Crippen LogP) is 1.16. The van der Waals surface area contributed by atoms with Gasteiger partial charge in [-0.25, -0.2) is 0 Å². The Balaban J connectivity index is 2.78. The second-order valence-corrected chi connectivity index (χ2v) is 3.72. The van der Waals surface area contributed by atoms with Crippen molar-refractivity contribution >= 4 is 5.69 Å². The number of aliphatic hydroxyl groups is 1. The first-order valence-electron chi connectivity index (χ1n) is 4.96. The van der Waals surface area contributed by atoms with Crippen molar-refractivity contribution in [3.8, 4) is 0 Å². The molecular formula is C10H12N2O5. The highest BCUT2D eigenvalue weighted by Crippen LogP contribution is 2.15. The summed E-state index contributed by atoms with van der Waals surface area (Å²) < 4.78 is 0. The van der Waals surface area contributed by atoms with Crippen LogP contribution in [0.25, 0.3) is 0 Å². The number of nitro groups is 2. The standard InChI is InChI=1S/C10H12N2O5/c1-7(11(14)15)10(13)6-8-3-2-4-9(5-8)12(16)17/h2-5,7,10,13H,6H2,1H3. The van der Waals surface area contributed by atoms with Crippen LogP contribution < -0.4 is 0 Å². The largest absolute Gasteiger partial charge is 0.386 e. The van der Waals surface area contributed by atoms with Gasteiger partial charge < -0.3 is 5.11 Å². The quantitative estimate of drug-likeness (QED) is 0.614. The van der Waals surface area contributed by atoms with E-state index in [4.69, 9.17) is 0 Å². The number of aliphatic hydroxyl groups excluding tert-OH is 1. The van der Waals surface area contributed by atoms with Crippen LogP contribution in [-0.4, -0.2) is 27.1 Å². The van der Waals surface area contributed by atoms with Gasteiger partial charge in [-0.2, -0.15) is 0 Å². The summed E-state index contributed by atoms with van der Waals surface area (Å²) in [4.78, 5) is 19.8. The molecule has 1 rings (SSSR count). The van der Waals surface area contributed by atoms with E-state index in [0.717, 1.165) is 0 Å². The number of non-ortho nitro benzene ring substituents is 1. The molecule has 0 radical (unpaired) electrons. The van der Waals surface area contributed by atoms with Gasteiger partial charge in [0.1, 0.15) is 6.10 Å². The average Bonchev–Trinajstić information content (AvgIpc) is 2.28. The number of rotatable bonds is 5. The van der Waals surface area contributed by atoms with Crippen LogP contribution in [0.2, 0.25) is 0 Å². The van der Waals surface area contributed by atoms with Crippen molar-refractivity contribution < 1.29 is 15.0 Å². The SMILES string of the molecule is CC(C(O)Cc1cccc([N+](=O)[O-])c1)[N+](=O)[O-]. The van der Waals surface area contributed by atoms with Crippen LogP contribution >= 0.6 is 0 Å². The summed E-state index contributed by atoms with van der Waals surface area (Å²) in [7, 11) is 0. The van der Waals surface area contributed by atoms with Crippen molar-refractivity contribution in [1.29, 1.82) is 0 Å². The van der Waals surface area contributed by atoms with Crippen molar-refractivity contribution in [3.05, 3.63) is 50.1 Å². The normalized spacial score (nSPS) is 14.0. The van der Waals surface area contributed by atoms with Crippen molar-refractivity contribution in [2.75, 3.05) is 0 Å². The minimum absolute atomic E-state index is 0.0177. The second kappa shape index (κ2) is 5.35.